The van der Waals surface area contributed by atoms with E-state index in [1.807, 2.05) is 6.92 Å². The predicted octanol–water partition coefficient (Wildman–Crippen LogP) is -2.34. The number of nitrogens with zero attached hydrogens (tertiary/aromatic N) is 1. The van der Waals surface area contributed by atoms with Crippen LogP contribution in [0, 0.1) is 11.8 Å². The number of ether oxygens (including phenoxy) is 1. The minimum absolute atomic E-state index is 0.00000945. The molecule has 0 aliphatic carbocycles. The van der Waals surface area contributed by atoms with Gasteiger partial charge in [0.25, 0.3) is 5.56 Å². The van der Waals surface area contributed by atoms with Gasteiger partial charge in [0, 0.05) is 12.6 Å². The van der Waals surface area contributed by atoms with Crippen LogP contribution in [0.1, 0.15) is 31.6 Å². The maximum absolute atomic E-state index is 12.0. The number of unbranched alkanes of at least 4 members (excludes halogenated alkanes) is 1. The maximum atomic E-state index is 12.0. The molecule has 1 saturated heterocycles. The highest BCUT2D eigenvalue weighted by Gasteiger charge is 2.44. The molecular formula is C15H20N2O7. The molecule has 2 rings (SSSR count). The van der Waals surface area contributed by atoms with E-state index in [-0.39, 0.29) is 5.56 Å². The van der Waals surface area contributed by atoms with Crippen LogP contribution in [0.5, 0.6) is 0 Å². The van der Waals surface area contributed by atoms with Crippen LogP contribution in [0.2, 0.25) is 0 Å². The molecule has 24 heavy (non-hydrogen) atoms. The van der Waals surface area contributed by atoms with Gasteiger partial charge in [-0.15, -0.1) is 0 Å². The highest BCUT2D eigenvalue weighted by atomic mass is 16.6. The molecule has 0 radical (unpaired) electrons. The van der Waals surface area contributed by atoms with E-state index in [0.29, 0.717) is 6.42 Å². The number of aromatic amines is 1. The highest BCUT2D eigenvalue weighted by molar-refractivity contribution is 5.29. The first-order valence-corrected chi connectivity index (χ1v) is 7.55. The third kappa shape index (κ3) is 3.58. The molecule has 5 atom stereocenters. The van der Waals surface area contributed by atoms with E-state index in [1.54, 1.807) is 0 Å². The quantitative estimate of drug-likeness (QED) is 0.388. The van der Waals surface area contributed by atoms with E-state index < -0.39 is 48.5 Å². The normalized spacial score (nSPS) is 29.8. The smallest absolute Gasteiger partial charge is 0.330 e. The number of aliphatic hydroxyl groups excluding tert-OH is 4. The second kappa shape index (κ2) is 7.74. The summed E-state index contributed by atoms with van der Waals surface area (Å²) in [6, 6.07) is 0. The Kier molecular flexibility index (Phi) is 5.93. The summed E-state index contributed by atoms with van der Waals surface area (Å²) in [5.41, 5.74) is -1.55. The Bertz CT molecular complexity index is 743. The Balaban J connectivity index is 2.44. The van der Waals surface area contributed by atoms with Crippen molar-refractivity contribution in [3.05, 3.63) is 32.6 Å². The van der Waals surface area contributed by atoms with Crippen LogP contribution in [0.3, 0.4) is 0 Å². The average molecular weight is 340 g/mol. The summed E-state index contributed by atoms with van der Waals surface area (Å²) >= 11 is 0. The molecule has 5 N–H and O–H groups in total. The number of aliphatic hydroxyl groups is 4. The molecule has 0 saturated carbocycles. The Morgan fingerprint density at radius 1 is 1.25 bits per heavy atom. The number of hydrogen-bond donors (Lipinski definition) is 5. The van der Waals surface area contributed by atoms with E-state index in [9.17, 15) is 30.0 Å². The van der Waals surface area contributed by atoms with Gasteiger partial charge in [0.2, 0.25) is 0 Å². The summed E-state index contributed by atoms with van der Waals surface area (Å²) in [5, 5.41) is 38.8. The first kappa shape index (κ1) is 18.4. The van der Waals surface area contributed by atoms with E-state index in [1.165, 1.54) is 0 Å². The van der Waals surface area contributed by atoms with Crippen molar-refractivity contribution in [3.8, 4) is 11.8 Å². The predicted molar refractivity (Wildman–Crippen MR) is 82.1 cm³/mol. The highest BCUT2D eigenvalue weighted by Crippen LogP contribution is 2.27. The van der Waals surface area contributed by atoms with Gasteiger partial charge in [-0.05, 0) is 6.42 Å². The van der Waals surface area contributed by atoms with Crippen LogP contribution in [-0.4, -0.2) is 61.0 Å². The minimum Gasteiger partial charge on any atom is -0.394 e. The lowest BCUT2D eigenvalue weighted by Gasteiger charge is -2.40. The van der Waals surface area contributed by atoms with Crippen molar-refractivity contribution in [1.29, 1.82) is 0 Å². The number of H-pyrrole nitrogens is 1. The van der Waals surface area contributed by atoms with Gasteiger partial charge in [-0.2, -0.15) is 0 Å². The van der Waals surface area contributed by atoms with Gasteiger partial charge in [-0.1, -0.05) is 18.8 Å². The molecule has 9 nitrogen and oxygen atoms in total. The van der Waals surface area contributed by atoms with Crippen LogP contribution < -0.4 is 11.2 Å². The molecule has 0 spiro atoms. The topological polar surface area (TPSA) is 145 Å². The van der Waals surface area contributed by atoms with Gasteiger partial charge >= 0.3 is 5.69 Å². The summed E-state index contributed by atoms with van der Waals surface area (Å²) in [6.07, 6.45) is -4.87. The number of hydrogen-bond acceptors (Lipinski definition) is 7. The zero-order valence-electron chi connectivity index (χ0n) is 13.0. The van der Waals surface area contributed by atoms with E-state index in [4.69, 9.17) is 4.74 Å². The molecule has 1 aromatic heterocycles. The van der Waals surface area contributed by atoms with Gasteiger partial charge in [0.15, 0.2) is 6.23 Å². The fourth-order valence-electron chi connectivity index (χ4n) is 2.36. The first-order valence-electron chi connectivity index (χ1n) is 7.55. The largest absolute Gasteiger partial charge is 0.394 e. The van der Waals surface area contributed by atoms with E-state index in [2.05, 4.69) is 16.8 Å². The summed E-state index contributed by atoms with van der Waals surface area (Å²) in [5.74, 6) is 5.40. The molecule has 0 amide bonds. The van der Waals surface area contributed by atoms with Crippen LogP contribution in [0.4, 0.5) is 0 Å². The molecule has 9 heteroatoms. The van der Waals surface area contributed by atoms with Gasteiger partial charge < -0.3 is 25.2 Å². The van der Waals surface area contributed by atoms with Crippen LogP contribution >= 0.6 is 0 Å². The molecule has 1 aliphatic rings. The molecule has 1 fully saturated rings. The van der Waals surface area contributed by atoms with Gasteiger partial charge in [0.05, 0.1) is 6.61 Å². The van der Waals surface area contributed by atoms with E-state index >= 15 is 0 Å². The van der Waals surface area contributed by atoms with Crippen molar-refractivity contribution in [2.24, 2.45) is 0 Å². The van der Waals surface area contributed by atoms with Gasteiger partial charge in [-0.3, -0.25) is 14.3 Å². The Morgan fingerprint density at radius 2 is 1.96 bits per heavy atom. The lowest BCUT2D eigenvalue weighted by atomic mass is 9.98. The van der Waals surface area contributed by atoms with Crippen LogP contribution in [0.25, 0.3) is 0 Å². The number of aromatic nitrogens is 2. The molecule has 132 valence electrons. The summed E-state index contributed by atoms with van der Waals surface area (Å²) < 4.78 is 6.18. The molecular weight excluding hydrogens is 320 g/mol. The molecule has 0 aromatic carbocycles. The standard InChI is InChI=1S/C15H20N2O7/c1-2-3-4-5-8-6-17(15(23)16-13(8)22)14-12(21)11(20)10(19)9(7-18)24-14/h6,9-12,14,18-21H,2-3,7H2,1H3,(H,16,22,23)/t9-,10-,11+,12-,14-/m1/s1. The van der Waals surface area contributed by atoms with Crippen molar-refractivity contribution < 1.29 is 25.2 Å². The minimum atomic E-state index is -1.64. The van der Waals surface area contributed by atoms with Crippen molar-refractivity contribution in [3.63, 3.8) is 0 Å². The number of rotatable bonds is 3. The zero-order valence-corrected chi connectivity index (χ0v) is 13.0. The fraction of sp³-hybridized carbons (Fsp3) is 0.600. The summed E-state index contributed by atoms with van der Waals surface area (Å²) in [4.78, 5) is 25.9. The van der Waals surface area contributed by atoms with Gasteiger partial charge in [0.1, 0.15) is 30.0 Å². The zero-order chi connectivity index (χ0) is 17.9. The van der Waals surface area contributed by atoms with Crippen molar-refractivity contribution in [2.45, 2.75) is 50.4 Å². The first-order chi connectivity index (χ1) is 11.4. The molecule has 1 aliphatic heterocycles. The van der Waals surface area contributed by atoms with Crippen LogP contribution in [0.15, 0.2) is 15.8 Å². The van der Waals surface area contributed by atoms with E-state index in [0.717, 1.165) is 17.2 Å². The van der Waals surface area contributed by atoms with Gasteiger partial charge in [-0.25, -0.2) is 4.79 Å². The Hall–Kier alpha value is -1.96. The lowest BCUT2D eigenvalue weighted by molar-refractivity contribution is -0.252. The lowest BCUT2D eigenvalue weighted by Crippen LogP contribution is -2.58. The van der Waals surface area contributed by atoms with Crippen molar-refractivity contribution in [2.75, 3.05) is 6.61 Å². The van der Waals surface area contributed by atoms with Crippen LogP contribution in [-0.2, 0) is 4.74 Å². The molecule has 0 bridgehead atoms. The molecule has 0 unspecified atom stereocenters. The molecule has 2 heterocycles. The second-order valence-corrected chi connectivity index (χ2v) is 5.48. The maximum Gasteiger partial charge on any atom is 0.330 e. The Labute approximate surface area is 137 Å². The summed E-state index contributed by atoms with van der Waals surface area (Å²) in [7, 11) is 0. The average Bonchev–Trinajstić information content (AvgIpc) is 2.56. The SMILES string of the molecule is CCCC#Cc1cn([C@@H]2O[C@H](CO)[C@@H](O)[C@H](O)[C@H]2O)c(=O)[nH]c1=O. The monoisotopic (exact) mass is 340 g/mol. The third-order valence-corrected chi connectivity index (χ3v) is 3.71. The Morgan fingerprint density at radius 3 is 2.58 bits per heavy atom. The van der Waals surface area contributed by atoms with Crippen molar-refractivity contribution >= 4 is 0 Å². The second-order valence-electron chi connectivity index (χ2n) is 5.48. The number of nitrogens with one attached hydrogen (secondary N) is 1. The fourth-order valence-corrected chi connectivity index (χ4v) is 2.36. The van der Waals surface area contributed by atoms with Crippen molar-refractivity contribution in [1.82, 2.24) is 9.55 Å². The summed E-state index contributed by atoms with van der Waals surface area (Å²) in [6.45, 7) is 1.30. The third-order valence-electron chi connectivity index (χ3n) is 3.71. The molecule has 1 aromatic rings.